The Balaban J connectivity index is 1.27. The summed E-state index contributed by atoms with van der Waals surface area (Å²) in [5.41, 5.74) is 2.88. The van der Waals surface area contributed by atoms with Crippen molar-refractivity contribution in [2.45, 2.75) is 44.5 Å². The molecule has 7 nitrogen and oxygen atoms in total. The van der Waals surface area contributed by atoms with Crippen LogP contribution < -0.4 is 11.2 Å². The molecule has 0 radical (unpaired) electrons. The molecule has 1 N–H and O–H groups in total. The van der Waals surface area contributed by atoms with Gasteiger partial charge in [-0.05, 0) is 42.5 Å². The number of fused-ring (bicyclic) bond motifs is 2. The van der Waals surface area contributed by atoms with Crippen LogP contribution >= 0.6 is 0 Å². The fourth-order valence-electron chi connectivity index (χ4n) is 5.87. The van der Waals surface area contributed by atoms with E-state index in [4.69, 9.17) is 4.74 Å². The van der Waals surface area contributed by atoms with E-state index in [1.165, 1.54) is 15.7 Å². The minimum Gasteiger partial charge on any atom is -0.390 e. The fraction of sp³-hybridized carbons (Fsp3) is 0.462. The number of para-hydroxylation sites is 1. The van der Waals surface area contributed by atoms with E-state index < -0.39 is 6.10 Å². The second kappa shape index (κ2) is 7.94. The third-order valence-corrected chi connectivity index (χ3v) is 7.67. The lowest BCUT2D eigenvalue weighted by molar-refractivity contribution is -0.174. The van der Waals surface area contributed by atoms with Crippen molar-refractivity contribution in [1.29, 1.82) is 0 Å². The average molecular weight is 448 g/mol. The molecule has 1 unspecified atom stereocenters. The predicted octanol–water partition coefficient (Wildman–Crippen LogP) is 1.93. The van der Waals surface area contributed by atoms with Crippen LogP contribution in [0.3, 0.4) is 0 Å². The first-order chi connectivity index (χ1) is 16.0. The summed E-state index contributed by atoms with van der Waals surface area (Å²) >= 11 is 0. The molecular weight excluding hydrogens is 418 g/mol. The number of ether oxygens (including phenoxy) is 1. The van der Waals surface area contributed by atoms with E-state index in [0.29, 0.717) is 17.4 Å². The first-order valence-electron chi connectivity index (χ1n) is 11.8. The standard InChI is InChI=1S/C26H29N3O4/c30-21(14-27-10-9-18-5-1-2-6-19(18)13-27)15-28-24(31)22-7-3-4-8-23(22)29(25(28)32)20-11-26(12-20)16-33-17-26/h1-8,20-21,30H,9-17H2. The Morgan fingerprint density at radius 3 is 2.48 bits per heavy atom. The van der Waals surface area contributed by atoms with Crippen LogP contribution in [0.5, 0.6) is 0 Å². The van der Waals surface area contributed by atoms with Crippen molar-refractivity contribution in [2.75, 3.05) is 26.3 Å². The van der Waals surface area contributed by atoms with E-state index in [2.05, 4.69) is 23.1 Å². The van der Waals surface area contributed by atoms with Gasteiger partial charge in [0.25, 0.3) is 5.56 Å². The van der Waals surface area contributed by atoms with Crippen molar-refractivity contribution < 1.29 is 9.84 Å². The number of aromatic nitrogens is 2. The maximum Gasteiger partial charge on any atom is 0.331 e. The minimum atomic E-state index is -0.803. The molecule has 2 aromatic carbocycles. The van der Waals surface area contributed by atoms with Gasteiger partial charge >= 0.3 is 5.69 Å². The quantitative estimate of drug-likeness (QED) is 0.647. The monoisotopic (exact) mass is 447 g/mol. The second-order valence-electron chi connectivity index (χ2n) is 10.0. The first-order valence-corrected chi connectivity index (χ1v) is 11.8. The van der Waals surface area contributed by atoms with E-state index >= 15 is 0 Å². The number of nitrogens with zero attached hydrogens (tertiary/aromatic N) is 3. The van der Waals surface area contributed by atoms with Crippen molar-refractivity contribution >= 4 is 10.9 Å². The lowest BCUT2D eigenvalue weighted by atomic mass is 9.64. The van der Waals surface area contributed by atoms with Crippen LogP contribution in [0.4, 0.5) is 0 Å². The summed E-state index contributed by atoms with van der Waals surface area (Å²) in [6, 6.07) is 15.8. The molecule has 3 heterocycles. The molecular formula is C26H29N3O4. The molecule has 3 aliphatic rings. The zero-order valence-electron chi connectivity index (χ0n) is 18.7. The third-order valence-electron chi connectivity index (χ3n) is 7.67. The molecule has 33 heavy (non-hydrogen) atoms. The predicted molar refractivity (Wildman–Crippen MR) is 125 cm³/mol. The lowest BCUT2D eigenvalue weighted by Gasteiger charge is -2.53. The van der Waals surface area contributed by atoms with Gasteiger partial charge in [0.1, 0.15) is 0 Å². The van der Waals surface area contributed by atoms with E-state index in [1.54, 1.807) is 10.6 Å². The summed E-state index contributed by atoms with van der Waals surface area (Å²) in [5.74, 6) is 0. The topological polar surface area (TPSA) is 76.7 Å². The minimum absolute atomic E-state index is 0.00161. The molecule has 1 aliphatic carbocycles. The fourth-order valence-corrected chi connectivity index (χ4v) is 5.87. The van der Waals surface area contributed by atoms with Gasteiger partial charge in [-0.15, -0.1) is 0 Å². The number of β-amino-alcohol motifs (C(OH)–C–C–N with tert-alkyl or cyclic N) is 1. The number of hydrogen-bond donors (Lipinski definition) is 1. The highest BCUT2D eigenvalue weighted by atomic mass is 16.5. The van der Waals surface area contributed by atoms with Crippen LogP contribution in [0, 0.1) is 5.41 Å². The molecule has 7 heteroatoms. The largest absolute Gasteiger partial charge is 0.390 e. The molecule has 0 amide bonds. The zero-order valence-corrected chi connectivity index (χ0v) is 18.7. The van der Waals surface area contributed by atoms with Gasteiger partial charge in [0.15, 0.2) is 0 Å². The van der Waals surface area contributed by atoms with Gasteiger partial charge in [-0.2, -0.15) is 0 Å². The Bertz CT molecular complexity index is 1320. The molecule has 3 aromatic rings. The van der Waals surface area contributed by atoms with Gasteiger partial charge in [-0.1, -0.05) is 36.4 Å². The van der Waals surface area contributed by atoms with Gasteiger partial charge in [-0.25, -0.2) is 4.79 Å². The maximum atomic E-state index is 13.5. The van der Waals surface area contributed by atoms with Crippen LogP contribution in [0.2, 0.25) is 0 Å². The highest BCUT2D eigenvalue weighted by Crippen LogP contribution is 2.53. The SMILES string of the molecule is O=c1c2ccccc2n(C2CC3(COC3)C2)c(=O)n1CC(O)CN1CCc2ccccc2C1. The summed E-state index contributed by atoms with van der Waals surface area (Å²) in [6.45, 7) is 3.58. The average Bonchev–Trinajstić information content (AvgIpc) is 2.77. The number of hydrogen-bond acceptors (Lipinski definition) is 5. The summed E-state index contributed by atoms with van der Waals surface area (Å²) in [5, 5.41) is 11.4. The normalized spacial score (nSPS) is 20.9. The molecule has 172 valence electrons. The highest BCUT2D eigenvalue weighted by molar-refractivity contribution is 5.78. The highest BCUT2D eigenvalue weighted by Gasteiger charge is 2.51. The Morgan fingerprint density at radius 1 is 1.00 bits per heavy atom. The molecule has 1 aromatic heterocycles. The summed E-state index contributed by atoms with van der Waals surface area (Å²) < 4.78 is 8.42. The van der Waals surface area contributed by atoms with Gasteiger partial charge < -0.3 is 9.84 Å². The number of aliphatic hydroxyl groups excluding tert-OH is 1. The molecule has 2 aliphatic heterocycles. The smallest absolute Gasteiger partial charge is 0.331 e. The van der Waals surface area contributed by atoms with Gasteiger partial charge in [0.2, 0.25) is 0 Å². The molecule has 1 saturated heterocycles. The Morgan fingerprint density at radius 2 is 1.73 bits per heavy atom. The molecule has 1 spiro atoms. The zero-order chi connectivity index (χ0) is 22.6. The van der Waals surface area contributed by atoms with E-state index in [1.807, 2.05) is 24.3 Å². The first kappa shape index (κ1) is 20.8. The molecule has 0 bridgehead atoms. The van der Waals surface area contributed by atoms with E-state index in [9.17, 15) is 14.7 Å². The van der Waals surface area contributed by atoms with Crippen LogP contribution in [0.25, 0.3) is 10.9 Å². The molecule has 6 rings (SSSR count). The van der Waals surface area contributed by atoms with Crippen LogP contribution in [-0.4, -0.2) is 51.5 Å². The Kier molecular flexibility index (Phi) is 5.01. The summed E-state index contributed by atoms with van der Waals surface area (Å²) in [6.07, 6.45) is 1.93. The molecule has 1 atom stereocenters. The van der Waals surface area contributed by atoms with Crippen molar-refractivity contribution in [3.05, 3.63) is 80.5 Å². The summed E-state index contributed by atoms with van der Waals surface area (Å²) in [7, 11) is 0. The maximum absolute atomic E-state index is 13.5. The van der Waals surface area contributed by atoms with E-state index in [0.717, 1.165) is 45.6 Å². The molecule has 1 saturated carbocycles. The van der Waals surface area contributed by atoms with Gasteiger partial charge in [-0.3, -0.25) is 18.8 Å². The summed E-state index contributed by atoms with van der Waals surface area (Å²) in [4.78, 5) is 28.9. The number of benzene rings is 2. The van der Waals surface area contributed by atoms with Gasteiger partial charge in [0, 0.05) is 31.1 Å². The number of rotatable bonds is 5. The second-order valence-corrected chi connectivity index (χ2v) is 10.0. The van der Waals surface area contributed by atoms with Gasteiger partial charge in [0.05, 0.1) is 36.8 Å². The Labute approximate surface area is 191 Å². The van der Waals surface area contributed by atoms with Crippen molar-refractivity contribution in [2.24, 2.45) is 5.41 Å². The van der Waals surface area contributed by atoms with Crippen molar-refractivity contribution in [3.63, 3.8) is 0 Å². The molecule has 2 fully saturated rings. The Hall–Kier alpha value is -2.74. The number of aliphatic hydroxyl groups is 1. The van der Waals surface area contributed by atoms with Crippen molar-refractivity contribution in [1.82, 2.24) is 14.0 Å². The van der Waals surface area contributed by atoms with Crippen LogP contribution in [-0.2, 0) is 24.2 Å². The third kappa shape index (κ3) is 3.55. The van der Waals surface area contributed by atoms with Crippen molar-refractivity contribution in [3.8, 4) is 0 Å². The van der Waals surface area contributed by atoms with E-state index in [-0.39, 0.29) is 29.3 Å². The lowest BCUT2D eigenvalue weighted by Crippen LogP contribution is -2.55. The van der Waals surface area contributed by atoms with Crippen LogP contribution in [0.1, 0.15) is 30.0 Å². The van der Waals surface area contributed by atoms with Crippen LogP contribution in [0.15, 0.2) is 58.1 Å².